The molecule has 1 atom stereocenters. The molecule has 0 saturated heterocycles. The first-order valence-corrected chi connectivity index (χ1v) is 18.8. The Kier molecular flexibility index (Phi) is 19.4. The summed E-state index contributed by atoms with van der Waals surface area (Å²) in [5.41, 5.74) is 8.92. The zero-order chi connectivity index (χ0) is 35.5. The lowest BCUT2D eigenvalue weighted by Gasteiger charge is -2.37. The maximum atomic E-state index is 14.0. The highest BCUT2D eigenvalue weighted by atomic mass is 16.6. The molecule has 0 aliphatic carbocycles. The highest BCUT2D eigenvalue weighted by molar-refractivity contribution is 6.00. The lowest BCUT2D eigenvalue weighted by molar-refractivity contribution is -0.144. The lowest BCUT2D eigenvalue weighted by Crippen LogP contribution is -2.37. The second kappa shape index (κ2) is 22.6. The van der Waals surface area contributed by atoms with Crippen molar-refractivity contribution in [2.75, 3.05) is 26.8 Å². The van der Waals surface area contributed by atoms with Gasteiger partial charge in [0.05, 0.1) is 30.3 Å². The Morgan fingerprint density at radius 1 is 0.771 bits per heavy atom. The summed E-state index contributed by atoms with van der Waals surface area (Å²) in [6.07, 6.45) is 16.7. The summed E-state index contributed by atoms with van der Waals surface area (Å²) in [5.74, 6) is -0.881. The van der Waals surface area contributed by atoms with Gasteiger partial charge in [0, 0.05) is 24.9 Å². The van der Waals surface area contributed by atoms with Crippen LogP contribution in [-0.4, -0.2) is 55.9 Å². The van der Waals surface area contributed by atoms with Gasteiger partial charge in [-0.1, -0.05) is 96.1 Å². The third-order valence-corrected chi connectivity index (χ3v) is 8.78. The number of carbonyl (C=O) groups is 2. The van der Waals surface area contributed by atoms with E-state index in [1.807, 2.05) is 53.7 Å². The first kappa shape index (κ1) is 41.2. The van der Waals surface area contributed by atoms with Crippen molar-refractivity contribution in [3.63, 3.8) is 0 Å². The summed E-state index contributed by atoms with van der Waals surface area (Å²) in [6.45, 7) is 14.2. The number of hydrogen-bond donors (Lipinski definition) is 1. The molecule has 1 aromatic carbocycles. The normalized spacial score (nSPS) is 15.1. The van der Waals surface area contributed by atoms with Crippen molar-refractivity contribution in [1.82, 2.24) is 4.90 Å². The Hall–Kier alpha value is -3.00. The number of benzene rings is 1. The van der Waals surface area contributed by atoms with Gasteiger partial charge in [0.25, 0.3) is 0 Å². The van der Waals surface area contributed by atoms with E-state index in [1.165, 1.54) is 70.6 Å². The molecule has 0 saturated carbocycles. The van der Waals surface area contributed by atoms with Crippen molar-refractivity contribution in [1.29, 1.82) is 0 Å². The van der Waals surface area contributed by atoms with Crippen LogP contribution < -0.4 is 10.5 Å². The molecule has 272 valence electrons. The zero-order valence-electron chi connectivity index (χ0n) is 31.5. The summed E-state index contributed by atoms with van der Waals surface area (Å²) in [4.78, 5) is 29.7. The predicted octanol–water partition coefficient (Wildman–Crippen LogP) is 9.11. The van der Waals surface area contributed by atoms with Crippen LogP contribution in [0.5, 0.6) is 5.75 Å². The van der Waals surface area contributed by atoms with Crippen LogP contribution in [-0.2, 0) is 30.2 Å². The van der Waals surface area contributed by atoms with Gasteiger partial charge >= 0.3 is 11.9 Å². The fourth-order valence-corrected chi connectivity index (χ4v) is 6.38. The van der Waals surface area contributed by atoms with Gasteiger partial charge in [-0.3, -0.25) is 0 Å². The van der Waals surface area contributed by atoms with Gasteiger partial charge in [-0.2, -0.15) is 0 Å². The maximum absolute atomic E-state index is 14.0. The Morgan fingerprint density at radius 2 is 1.29 bits per heavy atom. The summed E-state index contributed by atoms with van der Waals surface area (Å²) >= 11 is 0. The number of esters is 2. The third kappa shape index (κ3) is 12.8. The predicted molar refractivity (Wildman–Crippen MR) is 195 cm³/mol. The van der Waals surface area contributed by atoms with Crippen molar-refractivity contribution < 1.29 is 28.5 Å². The molecule has 0 amide bonds. The van der Waals surface area contributed by atoms with Crippen molar-refractivity contribution in [2.45, 2.75) is 156 Å². The average Bonchev–Trinajstić information content (AvgIpc) is 3.03. The van der Waals surface area contributed by atoms with Crippen LogP contribution in [0.25, 0.3) is 0 Å². The minimum absolute atomic E-state index is 0.197. The highest BCUT2D eigenvalue weighted by Crippen LogP contribution is 2.47. The summed E-state index contributed by atoms with van der Waals surface area (Å²) in [6, 6.07) is 5.99. The van der Waals surface area contributed by atoms with E-state index in [4.69, 9.17) is 24.7 Å². The van der Waals surface area contributed by atoms with Crippen molar-refractivity contribution in [2.24, 2.45) is 5.73 Å². The molecule has 2 rings (SSSR count). The Bertz CT molecular complexity index is 1190. The van der Waals surface area contributed by atoms with Gasteiger partial charge in [-0.05, 0) is 66.0 Å². The average molecular weight is 671 g/mol. The zero-order valence-corrected chi connectivity index (χ0v) is 31.5. The van der Waals surface area contributed by atoms with E-state index in [0.717, 1.165) is 30.4 Å². The number of unbranched alkanes of at least 4 members (excludes halogenated alkanes) is 12. The van der Waals surface area contributed by atoms with Crippen LogP contribution in [0, 0.1) is 0 Å². The summed E-state index contributed by atoms with van der Waals surface area (Å²) < 4.78 is 24.0. The van der Waals surface area contributed by atoms with E-state index in [2.05, 4.69) is 13.0 Å². The molecule has 8 heteroatoms. The van der Waals surface area contributed by atoms with Crippen LogP contribution in [0.4, 0.5) is 0 Å². The van der Waals surface area contributed by atoms with Crippen molar-refractivity contribution in [3.05, 3.63) is 52.1 Å². The Labute approximate surface area is 291 Å². The number of allylic oxidation sites excluding steroid dienone is 1. The molecule has 1 heterocycles. The van der Waals surface area contributed by atoms with E-state index in [0.29, 0.717) is 29.5 Å². The summed E-state index contributed by atoms with van der Waals surface area (Å²) in [7, 11) is 1.78. The molecule has 1 unspecified atom stereocenters. The van der Waals surface area contributed by atoms with E-state index in [1.54, 1.807) is 11.9 Å². The van der Waals surface area contributed by atoms with Gasteiger partial charge in [-0.25, -0.2) is 9.59 Å². The smallest absolute Gasteiger partial charge is 0.340 e. The van der Waals surface area contributed by atoms with Crippen LogP contribution in [0.15, 0.2) is 40.9 Å². The lowest BCUT2D eigenvalue weighted by atomic mass is 9.78. The molecule has 0 spiro atoms. The van der Waals surface area contributed by atoms with Crippen LogP contribution in [0.2, 0.25) is 0 Å². The standard InChI is InChI=1S/C40H66N2O6/c1-9-11-12-13-14-15-16-17-18-19-20-21-22-24-32-25-23-26-33(45-10-2)35(32)36-34(39(43)47-29(3)4)31(7)42(8)38(46-28-27-41)37(36)40(44)48-30(5)6/h23,25-26,29-30,36H,9-22,24,27-28,41H2,1-8H3. The van der Waals surface area contributed by atoms with Crippen molar-refractivity contribution >= 4 is 11.9 Å². The first-order chi connectivity index (χ1) is 23.1. The molecule has 1 aliphatic rings. The van der Waals surface area contributed by atoms with Gasteiger partial charge in [0.2, 0.25) is 5.88 Å². The highest BCUT2D eigenvalue weighted by Gasteiger charge is 2.44. The van der Waals surface area contributed by atoms with Gasteiger partial charge in [0.1, 0.15) is 17.9 Å². The van der Waals surface area contributed by atoms with E-state index >= 15 is 0 Å². The number of hydrogen-bond acceptors (Lipinski definition) is 8. The van der Waals surface area contributed by atoms with Crippen LogP contribution in [0.3, 0.4) is 0 Å². The monoisotopic (exact) mass is 670 g/mol. The Balaban J connectivity index is 2.41. The largest absolute Gasteiger partial charge is 0.494 e. The molecular formula is C40H66N2O6. The van der Waals surface area contributed by atoms with Gasteiger partial charge in [-0.15, -0.1) is 0 Å². The molecule has 8 nitrogen and oxygen atoms in total. The molecule has 2 N–H and O–H groups in total. The molecule has 1 aliphatic heterocycles. The number of rotatable bonds is 24. The summed E-state index contributed by atoms with van der Waals surface area (Å²) in [5, 5.41) is 0. The number of ether oxygens (including phenoxy) is 4. The van der Waals surface area contributed by atoms with Crippen LogP contribution in [0.1, 0.15) is 149 Å². The Morgan fingerprint density at radius 3 is 1.79 bits per heavy atom. The van der Waals surface area contributed by atoms with Gasteiger partial charge < -0.3 is 29.6 Å². The van der Waals surface area contributed by atoms with E-state index in [-0.39, 0.29) is 30.9 Å². The molecule has 0 fully saturated rings. The first-order valence-electron chi connectivity index (χ1n) is 18.8. The minimum atomic E-state index is -0.814. The molecule has 0 bridgehead atoms. The quantitative estimate of drug-likeness (QED) is 0.0859. The van der Waals surface area contributed by atoms with E-state index < -0.39 is 17.9 Å². The fraction of sp³-hybridized carbons (Fsp3) is 0.700. The number of nitrogens with zero attached hydrogens (tertiary/aromatic N) is 1. The number of aryl methyl sites for hydroxylation is 1. The second-order valence-electron chi connectivity index (χ2n) is 13.5. The molecule has 1 aromatic rings. The fourth-order valence-electron chi connectivity index (χ4n) is 6.38. The SMILES string of the molecule is CCCCCCCCCCCCCCCc1cccc(OCC)c1C1C(C(=O)OC(C)C)=C(C)N(C)C(OCCN)=C1C(=O)OC(C)C. The molecule has 0 radical (unpaired) electrons. The van der Waals surface area contributed by atoms with Crippen LogP contribution >= 0.6 is 0 Å². The molecule has 48 heavy (non-hydrogen) atoms. The maximum Gasteiger partial charge on any atom is 0.340 e. The van der Waals surface area contributed by atoms with E-state index in [9.17, 15) is 9.59 Å². The molecule has 0 aromatic heterocycles. The molecular weight excluding hydrogens is 604 g/mol. The number of carbonyl (C=O) groups excluding carboxylic acids is 2. The topological polar surface area (TPSA) is 100 Å². The third-order valence-electron chi connectivity index (χ3n) is 8.78. The van der Waals surface area contributed by atoms with Crippen molar-refractivity contribution in [3.8, 4) is 5.75 Å². The number of nitrogens with two attached hydrogens (primary N) is 1. The van der Waals surface area contributed by atoms with Gasteiger partial charge in [0.15, 0.2) is 0 Å². The second-order valence-corrected chi connectivity index (χ2v) is 13.5. The minimum Gasteiger partial charge on any atom is -0.494 e.